The van der Waals surface area contributed by atoms with Gasteiger partial charge in [0.2, 0.25) is 5.91 Å². The number of carbonyl (C=O) groups is 1. The van der Waals surface area contributed by atoms with Gasteiger partial charge in [-0.3, -0.25) is 9.79 Å². The van der Waals surface area contributed by atoms with Gasteiger partial charge < -0.3 is 15.5 Å². The molecule has 3 rings (SSSR count). The van der Waals surface area contributed by atoms with Gasteiger partial charge in [0.05, 0.1) is 0 Å². The van der Waals surface area contributed by atoms with Crippen molar-refractivity contribution in [3.05, 3.63) is 23.9 Å². The summed E-state index contributed by atoms with van der Waals surface area (Å²) >= 11 is 0. The third kappa shape index (κ3) is 4.71. The summed E-state index contributed by atoms with van der Waals surface area (Å²) in [6.07, 6.45) is 5.84. The van der Waals surface area contributed by atoms with Gasteiger partial charge in [-0.1, -0.05) is 18.9 Å². The fourth-order valence-corrected chi connectivity index (χ4v) is 4.02. The molecule has 0 bridgehead atoms. The number of nitrogens with one attached hydrogen (secondary N) is 2. The Morgan fingerprint density at radius 3 is 2.64 bits per heavy atom. The summed E-state index contributed by atoms with van der Waals surface area (Å²) in [5.41, 5.74) is 0.895. The van der Waals surface area contributed by atoms with Crippen LogP contribution in [0.4, 0.5) is 5.82 Å². The summed E-state index contributed by atoms with van der Waals surface area (Å²) in [5.74, 6) is 3.15. The molecule has 136 valence electrons. The number of aryl methyl sites for hydroxylation is 1. The molecular weight excluding hydrogens is 314 g/mol. The van der Waals surface area contributed by atoms with Gasteiger partial charge in [-0.2, -0.15) is 0 Å². The second-order valence-electron chi connectivity index (χ2n) is 7.15. The first-order valence-electron chi connectivity index (χ1n) is 9.35. The molecule has 1 amide bonds. The highest BCUT2D eigenvalue weighted by atomic mass is 16.1. The van der Waals surface area contributed by atoms with Crippen LogP contribution in [0.5, 0.6) is 0 Å². The lowest BCUT2D eigenvalue weighted by Gasteiger charge is -2.22. The molecule has 1 aliphatic carbocycles. The lowest BCUT2D eigenvalue weighted by Crippen LogP contribution is -2.41. The zero-order chi connectivity index (χ0) is 17.6. The van der Waals surface area contributed by atoms with Crippen molar-refractivity contribution in [2.45, 2.75) is 39.0 Å². The number of hydrogen-bond acceptors (Lipinski definition) is 3. The maximum Gasteiger partial charge on any atom is 0.227 e. The monoisotopic (exact) mass is 343 g/mol. The highest BCUT2D eigenvalue weighted by Gasteiger charge is 2.35. The Morgan fingerprint density at radius 2 is 2.00 bits per heavy atom. The Morgan fingerprint density at radius 1 is 1.28 bits per heavy atom. The quantitative estimate of drug-likeness (QED) is 0.651. The van der Waals surface area contributed by atoms with Crippen molar-refractivity contribution in [1.82, 2.24) is 15.2 Å². The van der Waals surface area contributed by atoms with Gasteiger partial charge >= 0.3 is 0 Å². The smallest absolute Gasteiger partial charge is 0.227 e. The normalized spacial score (nSPS) is 23.3. The van der Waals surface area contributed by atoms with Gasteiger partial charge in [-0.15, -0.1) is 0 Å². The molecule has 0 radical (unpaired) electrons. The Labute approximate surface area is 150 Å². The van der Waals surface area contributed by atoms with Crippen LogP contribution in [0.2, 0.25) is 0 Å². The van der Waals surface area contributed by atoms with Crippen LogP contribution in [0.25, 0.3) is 0 Å². The number of aliphatic imine (C=N–C) groups is 1. The molecule has 6 nitrogen and oxygen atoms in total. The van der Waals surface area contributed by atoms with Crippen molar-refractivity contribution in [1.29, 1.82) is 0 Å². The van der Waals surface area contributed by atoms with Crippen molar-refractivity contribution in [2.75, 3.05) is 32.0 Å². The molecule has 1 aromatic heterocycles. The Kier molecular flexibility index (Phi) is 5.89. The average Bonchev–Trinajstić information content (AvgIpc) is 3.02. The molecule has 1 aromatic rings. The molecule has 2 fully saturated rings. The van der Waals surface area contributed by atoms with E-state index in [2.05, 4.69) is 25.5 Å². The van der Waals surface area contributed by atoms with Crippen molar-refractivity contribution in [3.63, 3.8) is 0 Å². The lowest BCUT2D eigenvalue weighted by atomic mass is 9.82. The number of carbonyl (C=O) groups excluding carboxylic acids is 1. The lowest BCUT2D eigenvalue weighted by molar-refractivity contribution is -0.116. The summed E-state index contributed by atoms with van der Waals surface area (Å²) in [5, 5.41) is 6.18. The second kappa shape index (κ2) is 8.32. The number of likely N-dealkylation sites (tertiary alicyclic amines) is 1. The first-order chi connectivity index (χ1) is 12.2. The molecule has 1 saturated heterocycles. The average molecular weight is 343 g/mol. The minimum Gasteiger partial charge on any atom is -0.356 e. The van der Waals surface area contributed by atoms with E-state index >= 15 is 0 Å². The van der Waals surface area contributed by atoms with E-state index in [1.54, 1.807) is 0 Å². The molecule has 2 heterocycles. The van der Waals surface area contributed by atoms with E-state index in [4.69, 9.17) is 0 Å². The Balaban J connectivity index is 1.43. The Bertz CT molecular complexity index is 616. The van der Waals surface area contributed by atoms with Crippen LogP contribution in [0.1, 0.15) is 37.8 Å². The number of pyridine rings is 1. The van der Waals surface area contributed by atoms with E-state index in [0.29, 0.717) is 18.8 Å². The molecular formula is C19H29N5O. The summed E-state index contributed by atoms with van der Waals surface area (Å²) < 4.78 is 0. The van der Waals surface area contributed by atoms with Crippen LogP contribution >= 0.6 is 0 Å². The standard InChI is InChI=1S/C19H29N5O/c1-14-6-5-9-17(22-14)23-18(25)10-11-21-19(20-2)24-12-15-7-3-4-8-16(15)13-24/h5-6,9,15-16H,3-4,7-8,10-13H2,1-2H3,(H,20,21)(H,22,23,25). The van der Waals surface area contributed by atoms with Crippen molar-refractivity contribution < 1.29 is 4.79 Å². The van der Waals surface area contributed by atoms with Gasteiger partial charge in [0.15, 0.2) is 5.96 Å². The molecule has 1 aliphatic heterocycles. The third-order valence-corrected chi connectivity index (χ3v) is 5.28. The van der Waals surface area contributed by atoms with Gasteiger partial charge in [0.1, 0.15) is 5.82 Å². The largest absolute Gasteiger partial charge is 0.356 e. The number of amides is 1. The first-order valence-corrected chi connectivity index (χ1v) is 9.35. The maximum atomic E-state index is 12.1. The molecule has 6 heteroatoms. The summed E-state index contributed by atoms with van der Waals surface area (Å²) in [7, 11) is 1.82. The second-order valence-corrected chi connectivity index (χ2v) is 7.15. The molecule has 0 spiro atoms. The SMILES string of the molecule is CN=C(NCCC(=O)Nc1cccc(C)n1)N1CC2CCCCC2C1. The fraction of sp³-hybridized carbons (Fsp3) is 0.632. The van der Waals surface area contributed by atoms with Gasteiger partial charge in [-0.05, 0) is 43.7 Å². The number of rotatable bonds is 4. The molecule has 0 aromatic carbocycles. The number of guanidine groups is 1. The van der Waals surface area contributed by atoms with E-state index in [9.17, 15) is 4.79 Å². The number of hydrogen-bond donors (Lipinski definition) is 2. The predicted molar refractivity (Wildman–Crippen MR) is 101 cm³/mol. The summed E-state index contributed by atoms with van der Waals surface area (Å²) in [4.78, 5) is 23.1. The molecule has 2 atom stereocenters. The van der Waals surface area contributed by atoms with Gasteiger partial charge in [-0.25, -0.2) is 4.98 Å². The van der Waals surface area contributed by atoms with E-state index < -0.39 is 0 Å². The van der Waals surface area contributed by atoms with Crippen LogP contribution in [-0.4, -0.2) is 48.4 Å². The van der Waals surface area contributed by atoms with E-state index in [1.807, 2.05) is 32.2 Å². The molecule has 2 unspecified atom stereocenters. The maximum absolute atomic E-state index is 12.1. The number of aromatic nitrogens is 1. The van der Waals surface area contributed by atoms with Crippen LogP contribution in [0.15, 0.2) is 23.2 Å². The zero-order valence-corrected chi connectivity index (χ0v) is 15.3. The van der Waals surface area contributed by atoms with Crippen molar-refractivity contribution in [2.24, 2.45) is 16.8 Å². The van der Waals surface area contributed by atoms with Gasteiger partial charge in [0.25, 0.3) is 0 Å². The van der Waals surface area contributed by atoms with Gasteiger partial charge in [0, 0.05) is 38.8 Å². The van der Waals surface area contributed by atoms with E-state index in [1.165, 1.54) is 25.7 Å². The summed E-state index contributed by atoms with van der Waals surface area (Å²) in [6, 6.07) is 5.61. The Hall–Kier alpha value is -2.11. The minimum atomic E-state index is -0.0313. The highest BCUT2D eigenvalue weighted by molar-refractivity contribution is 5.90. The van der Waals surface area contributed by atoms with Crippen LogP contribution in [0.3, 0.4) is 0 Å². The topological polar surface area (TPSA) is 69.6 Å². The molecule has 2 aliphatic rings. The third-order valence-electron chi connectivity index (χ3n) is 5.28. The molecule has 2 N–H and O–H groups in total. The predicted octanol–water partition coefficient (Wildman–Crippen LogP) is 2.42. The first kappa shape index (κ1) is 17.7. The number of fused-ring (bicyclic) bond motifs is 1. The minimum absolute atomic E-state index is 0.0313. The van der Waals surface area contributed by atoms with Crippen molar-refractivity contribution >= 4 is 17.7 Å². The van der Waals surface area contributed by atoms with E-state index in [0.717, 1.165) is 36.6 Å². The van der Waals surface area contributed by atoms with Crippen molar-refractivity contribution in [3.8, 4) is 0 Å². The zero-order valence-electron chi connectivity index (χ0n) is 15.3. The number of nitrogens with zero attached hydrogens (tertiary/aromatic N) is 3. The number of anilines is 1. The van der Waals surface area contributed by atoms with Crippen LogP contribution in [-0.2, 0) is 4.79 Å². The molecule has 25 heavy (non-hydrogen) atoms. The van der Waals surface area contributed by atoms with Crippen LogP contribution < -0.4 is 10.6 Å². The van der Waals surface area contributed by atoms with Crippen LogP contribution in [0, 0.1) is 18.8 Å². The molecule has 1 saturated carbocycles. The summed E-state index contributed by atoms with van der Waals surface area (Å²) in [6.45, 7) is 4.69. The highest BCUT2D eigenvalue weighted by Crippen LogP contribution is 2.35. The van der Waals surface area contributed by atoms with E-state index in [-0.39, 0.29) is 5.91 Å². The fourth-order valence-electron chi connectivity index (χ4n) is 4.02.